The van der Waals surface area contributed by atoms with Crippen molar-refractivity contribution in [3.05, 3.63) is 59.7 Å². The Bertz CT molecular complexity index is 755. The quantitative estimate of drug-likeness (QED) is 0.446. The van der Waals surface area contributed by atoms with Gasteiger partial charge in [-0.05, 0) is 48.9 Å². The predicted molar refractivity (Wildman–Crippen MR) is 96.6 cm³/mol. The van der Waals surface area contributed by atoms with Crippen LogP contribution in [0.4, 0.5) is 0 Å². The average molecular weight is 356 g/mol. The van der Waals surface area contributed by atoms with E-state index in [4.69, 9.17) is 9.47 Å². The van der Waals surface area contributed by atoms with E-state index in [0.29, 0.717) is 17.9 Å². The SMILES string of the molecule is CCOc1ccc(OCC(=O)N/N=C\c2ccc(C(=O)OC)cc2)cc1. The summed E-state index contributed by atoms with van der Waals surface area (Å²) >= 11 is 0. The van der Waals surface area contributed by atoms with E-state index in [1.807, 2.05) is 6.92 Å². The number of hydrazone groups is 1. The fraction of sp³-hybridized carbons (Fsp3) is 0.211. The molecule has 0 saturated carbocycles. The summed E-state index contributed by atoms with van der Waals surface area (Å²) in [5.41, 5.74) is 3.54. The molecule has 0 spiro atoms. The second-order valence-corrected chi connectivity index (χ2v) is 5.10. The van der Waals surface area contributed by atoms with E-state index in [1.165, 1.54) is 13.3 Å². The summed E-state index contributed by atoms with van der Waals surface area (Å²) in [6.07, 6.45) is 1.47. The van der Waals surface area contributed by atoms with Gasteiger partial charge in [-0.25, -0.2) is 10.2 Å². The van der Waals surface area contributed by atoms with Crippen LogP contribution in [0.25, 0.3) is 0 Å². The van der Waals surface area contributed by atoms with Gasteiger partial charge in [-0.2, -0.15) is 5.10 Å². The molecule has 0 aliphatic heterocycles. The molecule has 0 unspecified atom stereocenters. The van der Waals surface area contributed by atoms with E-state index in [2.05, 4.69) is 15.3 Å². The molecular formula is C19H20N2O5. The summed E-state index contributed by atoms with van der Waals surface area (Å²) < 4.78 is 15.3. The van der Waals surface area contributed by atoms with Crippen molar-refractivity contribution in [3.8, 4) is 11.5 Å². The molecule has 7 heteroatoms. The van der Waals surface area contributed by atoms with Crippen LogP contribution in [0.3, 0.4) is 0 Å². The molecule has 0 aliphatic rings. The molecule has 0 radical (unpaired) electrons. The number of hydrogen-bond donors (Lipinski definition) is 1. The number of benzene rings is 2. The number of methoxy groups -OCH3 is 1. The number of rotatable bonds is 8. The summed E-state index contributed by atoms with van der Waals surface area (Å²) in [4.78, 5) is 23.1. The number of carbonyl (C=O) groups excluding carboxylic acids is 2. The smallest absolute Gasteiger partial charge is 0.337 e. The summed E-state index contributed by atoms with van der Waals surface area (Å²) in [5.74, 6) is 0.507. The molecule has 136 valence electrons. The molecule has 0 aliphatic carbocycles. The minimum atomic E-state index is -0.409. The normalized spacial score (nSPS) is 10.4. The Balaban J connectivity index is 1.77. The van der Waals surface area contributed by atoms with Gasteiger partial charge in [0.05, 0.1) is 25.5 Å². The zero-order chi connectivity index (χ0) is 18.8. The predicted octanol–water partition coefficient (Wildman–Crippen LogP) is 2.40. The van der Waals surface area contributed by atoms with Gasteiger partial charge in [-0.15, -0.1) is 0 Å². The topological polar surface area (TPSA) is 86.2 Å². The highest BCUT2D eigenvalue weighted by Crippen LogP contribution is 2.17. The van der Waals surface area contributed by atoms with E-state index in [9.17, 15) is 9.59 Å². The molecule has 1 amide bonds. The molecule has 1 N–H and O–H groups in total. The number of nitrogens with zero attached hydrogens (tertiary/aromatic N) is 1. The third-order valence-electron chi connectivity index (χ3n) is 3.24. The van der Waals surface area contributed by atoms with Gasteiger partial charge in [0.2, 0.25) is 0 Å². The molecule has 2 aromatic rings. The number of nitrogens with one attached hydrogen (secondary N) is 1. The third-order valence-corrected chi connectivity index (χ3v) is 3.24. The maximum atomic E-state index is 11.7. The first-order valence-electron chi connectivity index (χ1n) is 7.98. The Labute approximate surface area is 151 Å². The fourth-order valence-corrected chi connectivity index (χ4v) is 1.98. The van der Waals surface area contributed by atoms with Crippen LogP contribution in [0.5, 0.6) is 11.5 Å². The second kappa shape index (κ2) is 9.83. The molecule has 0 atom stereocenters. The maximum absolute atomic E-state index is 11.7. The standard InChI is InChI=1S/C19H20N2O5/c1-3-25-16-8-10-17(11-9-16)26-13-18(22)21-20-12-14-4-6-15(7-5-14)19(23)24-2/h4-12H,3,13H2,1-2H3,(H,21,22)/b20-12-. The largest absolute Gasteiger partial charge is 0.494 e. The first kappa shape index (κ1) is 19.0. The zero-order valence-electron chi connectivity index (χ0n) is 14.6. The van der Waals surface area contributed by atoms with Crippen LogP contribution in [-0.4, -0.2) is 38.4 Å². The number of amides is 1. The first-order chi connectivity index (χ1) is 12.6. The fourth-order valence-electron chi connectivity index (χ4n) is 1.98. The monoisotopic (exact) mass is 356 g/mol. The Morgan fingerprint density at radius 2 is 1.62 bits per heavy atom. The van der Waals surface area contributed by atoms with Crippen molar-refractivity contribution in [1.82, 2.24) is 5.43 Å². The summed E-state index contributed by atoms with van der Waals surface area (Å²) in [6.45, 7) is 2.33. The van der Waals surface area contributed by atoms with Gasteiger partial charge in [0.25, 0.3) is 5.91 Å². The number of carbonyl (C=O) groups is 2. The Morgan fingerprint density at radius 3 is 2.19 bits per heavy atom. The van der Waals surface area contributed by atoms with E-state index in [0.717, 1.165) is 11.3 Å². The van der Waals surface area contributed by atoms with Crippen LogP contribution < -0.4 is 14.9 Å². The summed E-state index contributed by atoms with van der Waals surface area (Å²) in [5, 5.41) is 3.85. The molecule has 2 rings (SSSR count). The lowest BCUT2D eigenvalue weighted by Gasteiger charge is -2.06. The van der Waals surface area contributed by atoms with Crippen molar-refractivity contribution in [3.63, 3.8) is 0 Å². The van der Waals surface area contributed by atoms with Crippen molar-refractivity contribution in [2.24, 2.45) is 5.10 Å². The van der Waals surface area contributed by atoms with Crippen LogP contribution in [-0.2, 0) is 9.53 Å². The lowest BCUT2D eigenvalue weighted by molar-refractivity contribution is -0.123. The lowest BCUT2D eigenvalue weighted by Crippen LogP contribution is -2.24. The Morgan fingerprint density at radius 1 is 1.00 bits per heavy atom. The lowest BCUT2D eigenvalue weighted by atomic mass is 10.1. The molecule has 0 heterocycles. The molecular weight excluding hydrogens is 336 g/mol. The van der Waals surface area contributed by atoms with Crippen LogP contribution in [0.2, 0.25) is 0 Å². The van der Waals surface area contributed by atoms with Crippen LogP contribution in [0.1, 0.15) is 22.8 Å². The van der Waals surface area contributed by atoms with Crippen molar-refractivity contribution in [1.29, 1.82) is 0 Å². The highest BCUT2D eigenvalue weighted by atomic mass is 16.5. The minimum Gasteiger partial charge on any atom is -0.494 e. The van der Waals surface area contributed by atoms with Gasteiger partial charge in [0.1, 0.15) is 11.5 Å². The highest BCUT2D eigenvalue weighted by molar-refractivity contribution is 5.90. The van der Waals surface area contributed by atoms with Crippen LogP contribution in [0, 0.1) is 0 Å². The molecule has 0 fully saturated rings. The highest BCUT2D eigenvalue weighted by Gasteiger charge is 2.04. The average Bonchev–Trinajstić information content (AvgIpc) is 2.67. The molecule has 2 aromatic carbocycles. The van der Waals surface area contributed by atoms with Gasteiger partial charge in [-0.3, -0.25) is 4.79 Å². The minimum absolute atomic E-state index is 0.160. The van der Waals surface area contributed by atoms with Crippen molar-refractivity contribution >= 4 is 18.1 Å². The van der Waals surface area contributed by atoms with Gasteiger partial charge >= 0.3 is 5.97 Å². The molecule has 7 nitrogen and oxygen atoms in total. The van der Waals surface area contributed by atoms with E-state index >= 15 is 0 Å². The zero-order valence-corrected chi connectivity index (χ0v) is 14.6. The van der Waals surface area contributed by atoms with Crippen LogP contribution >= 0.6 is 0 Å². The number of hydrogen-bond acceptors (Lipinski definition) is 6. The molecule has 0 bridgehead atoms. The van der Waals surface area contributed by atoms with Crippen molar-refractivity contribution in [2.45, 2.75) is 6.92 Å². The van der Waals surface area contributed by atoms with Gasteiger partial charge in [-0.1, -0.05) is 12.1 Å². The Kier molecular flexibility index (Phi) is 7.17. The van der Waals surface area contributed by atoms with Crippen molar-refractivity contribution in [2.75, 3.05) is 20.3 Å². The molecule has 26 heavy (non-hydrogen) atoms. The third kappa shape index (κ3) is 5.94. The van der Waals surface area contributed by atoms with Gasteiger partial charge in [0.15, 0.2) is 6.61 Å². The van der Waals surface area contributed by atoms with E-state index in [1.54, 1.807) is 48.5 Å². The van der Waals surface area contributed by atoms with Crippen molar-refractivity contribution < 1.29 is 23.8 Å². The summed E-state index contributed by atoms with van der Waals surface area (Å²) in [7, 11) is 1.32. The van der Waals surface area contributed by atoms with Crippen LogP contribution in [0.15, 0.2) is 53.6 Å². The van der Waals surface area contributed by atoms with E-state index < -0.39 is 5.97 Å². The molecule has 0 saturated heterocycles. The second-order valence-electron chi connectivity index (χ2n) is 5.10. The number of esters is 1. The first-order valence-corrected chi connectivity index (χ1v) is 7.98. The van der Waals surface area contributed by atoms with Gasteiger partial charge < -0.3 is 14.2 Å². The van der Waals surface area contributed by atoms with E-state index in [-0.39, 0.29) is 12.5 Å². The summed E-state index contributed by atoms with van der Waals surface area (Å²) in [6, 6.07) is 13.6. The maximum Gasteiger partial charge on any atom is 0.337 e. The Hall–Kier alpha value is -3.35. The number of ether oxygens (including phenoxy) is 3. The van der Waals surface area contributed by atoms with Gasteiger partial charge in [0, 0.05) is 0 Å². The molecule has 0 aromatic heterocycles.